The van der Waals surface area contributed by atoms with Crippen molar-refractivity contribution < 1.29 is 14.7 Å². The van der Waals surface area contributed by atoms with Crippen LogP contribution in [0.5, 0.6) is 0 Å². The van der Waals surface area contributed by atoms with E-state index in [0.717, 1.165) is 0 Å². The van der Waals surface area contributed by atoms with Crippen molar-refractivity contribution in [2.24, 2.45) is 0 Å². The van der Waals surface area contributed by atoms with Crippen LogP contribution in [0, 0.1) is 0 Å². The van der Waals surface area contributed by atoms with Crippen molar-refractivity contribution in [1.29, 1.82) is 0 Å². The number of hydrogen-bond donors (Lipinski definition) is 2. The van der Waals surface area contributed by atoms with Gasteiger partial charge in [0.05, 0.1) is 15.6 Å². The average Bonchev–Trinajstić information content (AvgIpc) is 2.48. The van der Waals surface area contributed by atoms with Crippen molar-refractivity contribution in [2.45, 2.75) is 6.42 Å². The Morgan fingerprint density at radius 3 is 2.13 bits per heavy atom. The van der Waals surface area contributed by atoms with Crippen LogP contribution in [0.15, 0.2) is 48.0 Å². The summed E-state index contributed by atoms with van der Waals surface area (Å²) in [5.41, 5.74) is 6.85. The molecular formula is C17H13Cl2NO3. The van der Waals surface area contributed by atoms with Crippen LogP contribution >= 0.6 is 23.2 Å². The van der Waals surface area contributed by atoms with Crippen LogP contribution in [-0.2, 0) is 4.79 Å². The van der Waals surface area contributed by atoms with Crippen LogP contribution in [0.25, 0.3) is 6.08 Å². The Morgan fingerprint density at radius 2 is 1.61 bits per heavy atom. The van der Waals surface area contributed by atoms with Crippen LogP contribution in [0.4, 0.5) is 5.69 Å². The maximum Gasteiger partial charge on any atom is 0.332 e. The normalized spacial score (nSPS) is 11.3. The van der Waals surface area contributed by atoms with Gasteiger partial charge in [0, 0.05) is 17.7 Å². The highest BCUT2D eigenvalue weighted by atomic mass is 35.5. The molecule has 0 spiro atoms. The van der Waals surface area contributed by atoms with Crippen molar-refractivity contribution in [3.63, 3.8) is 0 Å². The highest BCUT2D eigenvalue weighted by Crippen LogP contribution is 2.27. The molecule has 0 aromatic heterocycles. The van der Waals surface area contributed by atoms with Gasteiger partial charge in [-0.1, -0.05) is 41.4 Å². The van der Waals surface area contributed by atoms with E-state index in [-0.39, 0.29) is 27.6 Å². The Hall–Kier alpha value is -2.30. The van der Waals surface area contributed by atoms with E-state index in [1.54, 1.807) is 30.3 Å². The predicted molar refractivity (Wildman–Crippen MR) is 91.9 cm³/mol. The Morgan fingerprint density at radius 1 is 1.04 bits per heavy atom. The fraction of sp³-hybridized carbons (Fsp3) is 0.0588. The number of carboxylic acid groups (broad SMARTS) is 1. The van der Waals surface area contributed by atoms with Gasteiger partial charge >= 0.3 is 5.97 Å². The van der Waals surface area contributed by atoms with Crippen LogP contribution in [0.1, 0.15) is 22.3 Å². The number of carbonyl (C=O) groups is 2. The summed E-state index contributed by atoms with van der Waals surface area (Å²) in [5, 5.41) is 9.70. The Balaban J connectivity index is 2.31. The molecule has 2 aromatic carbocycles. The molecule has 0 aliphatic carbocycles. The summed E-state index contributed by atoms with van der Waals surface area (Å²) in [6.45, 7) is 0. The van der Waals surface area contributed by atoms with Gasteiger partial charge in [-0.3, -0.25) is 4.79 Å². The van der Waals surface area contributed by atoms with Crippen LogP contribution in [-0.4, -0.2) is 16.9 Å². The molecule has 4 nitrogen and oxygen atoms in total. The number of rotatable bonds is 5. The summed E-state index contributed by atoms with van der Waals surface area (Å²) in [6.07, 6.45) is 1.10. The maximum absolute atomic E-state index is 12.4. The van der Waals surface area contributed by atoms with E-state index in [0.29, 0.717) is 11.3 Å². The number of hydrogen-bond acceptors (Lipinski definition) is 3. The van der Waals surface area contributed by atoms with E-state index in [1.807, 2.05) is 0 Å². The van der Waals surface area contributed by atoms with Crippen molar-refractivity contribution in [3.05, 3.63) is 69.2 Å². The van der Waals surface area contributed by atoms with Crippen LogP contribution in [0.2, 0.25) is 10.0 Å². The molecule has 6 heteroatoms. The molecule has 0 saturated carbocycles. The summed E-state index contributed by atoms with van der Waals surface area (Å²) in [7, 11) is 0. The second-order valence-electron chi connectivity index (χ2n) is 4.84. The zero-order valence-electron chi connectivity index (χ0n) is 11.9. The summed E-state index contributed by atoms with van der Waals surface area (Å²) in [5.74, 6) is -1.64. The molecule has 0 amide bonds. The van der Waals surface area contributed by atoms with E-state index in [2.05, 4.69) is 0 Å². The number of Topliss-reactive ketones (excluding diaryl/α,β-unsaturated/α-hetero) is 1. The van der Waals surface area contributed by atoms with Gasteiger partial charge in [0.25, 0.3) is 0 Å². The smallest absolute Gasteiger partial charge is 0.332 e. The quantitative estimate of drug-likeness (QED) is 0.478. The number of nitrogens with two attached hydrogens (primary N) is 1. The summed E-state index contributed by atoms with van der Waals surface area (Å²) >= 11 is 12.0. The molecule has 0 saturated heterocycles. The highest BCUT2D eigenvalue weighted by molar-refractivity contribution is 6.40. The lowest BCUT2D eigenvalue weighted by Gasteiger charge is -2.07. The summed E-state index contributed by atoms with van der Waals surface area (Å²) in [6, 6.07) is 11.3. The van der Waals surface area contributed by atoms with Crippen molar-refractivity contribution >= 4 is 46.7 Å². The minimum Gasteiger partial charge on any atom is -0.478 e. The number of carboxylic acids is 1. The molecule has 0 fully saturated rings. The molecule has 0 aliphatic heterocycles. The third-order valence-corrected chi connectivity index (χ3v) is 3.77. The van der Waals surface area contributed by atoms with Gasteiger partial charge in [0.2, 0.25) is 0 Å². The third kappa shape index (κ3) is 4.34. The molecule has 23 heavy (non-hydrogen) atoms. The van der Waals surface area contributed by atoms with E-state index in [1.165, 1.54) is 18.2 Å². The van der Waals surface area contributed by atoms with E-state index in [9.17, 15) is 14.7 Å². The van der Waals surface area contributed by atoms with Gasteiger partial charge in [-0.25, -0.2) is 4.79 Å². The first-order chi connectivity index (χ1) is 10.9. The van der Waals surface area contributed by atoms with Gasteiger partial charge in [0.1, 0.15) is 0 Å². The first kappa shape index (κ1) is 17.1. The summed E-state index contributed by atoms with van der Waals surface area (Å²) in [4.78, 5) is 23.7. The monoisotopic (exact) mass is 349 g/mol. The maximum atomic E-state index is 12.4. The van der Waals surface area contributed by atoms with Gasteiger partial charge in [0.15, 0.2) is 5.78 Å². The van der Waals surface area contributed by atoms with Gasteiger partial charge in [-0.2, -0.15) is 0 Å². The SMILES string of the molecule is Nc1ccc(/C=C(\CC(=O)c2c(Cl)cccc2Cl)C(=O)O)cc1. The van der Waals surface area contributed by atoms with Crippen molar-refractivity contribution in [2.75, 3.05) is 5.73 Å². The Labute approximate surface area is 143 Å². The van der Waals surface area contributed by atoms with Crippen LogP contribution in [0.3, 0.4) is 0 Å². The van der Waals surface area contributed by atoms with E-state index in [4.69, 9.17) is 28.9 Å². The first-order valence-electron chi connectivity index (χ1n) is 6.65. The fourth-order valence-corrected chi connectivity index (χ4v) is 2.62. The molecule has 118 valence electrons. The van der Waals surface area contributed by atoms with Gasteiger partial charge < -0.3 is 10.8 Å². The molecule has 0 radical (unpaired) electrons. The van der Waals surface area contributed by atoms with Crippen molar-refractivity contribution in [1.82, 2.24) is 0 Å². The number of anilines is 1. The number of benzene rings is 2. The minimum atomic E-state index is -1.18. The van der Waals surface area contributed by atoms with Gasteiger partial charge in [-0.05, 0) is 35.9 Å². The minimum absolute atomic E-state index is 0.0595. The Kier molecular flexibility index (Phi) is 5.42. The number of nitrogen functional groups attached to an aromatic ring is 1. The van der Waals surface area contributed by atoms with Gasteiger partial charge in [-0.15, -0.1) is 0 Å². The first-order valence-corrected chi connectivity index (χ1v) is 7.40. The second-order valence-corrected chi connectivity index (χ2v) is 5.65. The molecule has 0 bridgehead atoms. The van der Waals surface area contributed by atoms with E-state index < -0.39 is 11.8 Å². The predicted octanol–water partition coefficient (Wildman–Crippen LogP) is 4.32. The largest absolute Gasteiger partial charge is 0.478 e. The molecule has 3 N–H and O–H groups in total. The number of carbonyl (C=O) groups excluding carboxylic acids is 1. The Bertz CT molecular complexity index is 763. The molecular weight excluding hydrogens is 337 g/mol. The molecule has 0 aliphatic rings. The second kappa shape index (κ2) is 7.31. The molecule has 0 atom stereocenters. The van der Waals surface area contributed by atoms with E-state index >= 15 is 0 Å². The zero-order valence-corrected chi connectivity index (χ0v) is 13.4. The lowest BCUT2D eigenvalue weighted by Crippen LogP contribution is -2.09. The zero-order chi connectivity index (χ0) is 17.0. The number of halogens is 2. The number of aliphatic carboxylic acids is 1. The molecule has 0 unspecified atom stereocenters. The third-order valence-electron chi connectivity index (χ3n) is 3.14. The molecule has 2 aromatic rings. The average molecular weight is 350 g/mol. The lowest BCUT2D eigenvalue weighted by atomic mass is 10.0. The topological polar surface area (TPSA) is 80.4 Å². The van der Waals surface area contributed by atoms with Crippen LogP contribution < -0.4 is 5.73 Å². The number of ketones is 1. The standard InChI is InChI=1S/C17H13Cl2NO3/c18-13-2-1-3-14(19)16(13)15(21)9-11(17(22)23)8-10-4-6-12(20)7-5-10/h1-8H,9,20H2,(H,22,23)/b11-8+. The lowest BCUT2D eigenvalue weighted by molar-refractivity contribution is -0.132. The summed E-state index contributed by atoms with van der Waals surface area (Å²) < 4.78 is 0. The molecule has 0 heterocycles. The molecule has 2 rings (SSSR count). The highest BCUT2D eigenvalue weighted by Gasteiger charge is 2.19. The fourth-order valence-electron chi connectivity index (χ4n) is 2.01. The van der Waals surface area contributed by atoms with Crippen molar-refractivity contribution in [3.8, 4) is 0 Å².